The number of likely N-dealkylation sites (tertiary alicyclic amines) is 1. The molecule has 1 atom stereocenters. The van der Waals surface area contributed by atoms with Crippen LogP contribution in [0.3, 0.4) is 0 Å². The number of methoxy groups -OCH3 is 1. The molecule has 8 nitrogen and oxygen atoms in total. The fourth-order valence-corrected chi connectivity index (χ4v) is 3.21. The van der Waals surface area contributed by atoms with Gasteiger partial charge in [-0.3, -0.25) is 9.69 Å². The summed E-state index contributed by atoms with van der Waals surface area (Å²) in [6.45, 7) is 6.26. The van der Waals surface area contributed by atoms with Crippen molar-refractivity contribution in [1.29, 1.82) is 0 Å². The van der Waals surface area contributed by atoms with Crippen molar-refractivity contribution in [3.63, 3.8) is 0 Å². The maximum absolute atomic E-state index is 12.6. The van der Waals surface area contributed by atoms with Crippen molar-refractivity contribution in [2.45, 2.75) is 51.8 Å². The van der Waals surface area contributed by atoms with Crippen LogP contribution in [-0.2, 0) is 16.1 Å². The van der Waals surface area contributed by atoms with E-state index in [4.69, 9.17) is 9.47 Å². The van der Waals surface area contributed by atoms with Gasteiger partial charge >= 0.3 is 6.09 Å². The van der Waals surface area contributed by atoms with Crippen LogP contribution < -0.4 is 10.1 Å². The Hall–Kier alpha value is -3.03. The van der Waals surface area contributed by atoms with E-state index < -0.39 is 17.7 Å². The van der Waals surface area contributed by atoms with E-state index in [0.29, 0.717) is 19.5 Å². The number of carbonyl (C=O) groups excluding carboxylic acids is 2. The minimum Gasteiger partial charge on any atom is -0.497 e. The van der Waals surface area contributed by atoms with Crippen molar-refractivity contribution < 1.29 is 19.1 Å². The SMILES string of the molecule is COc1ccc(-n2ccc(CNC(=O)C3CCCN3C(=O)OC(C)(C)C)n2)cc1. The quantitative estimate of drug-likeness (QED) is 0.834. The second kappa shape index (κ2) is 8.55. The lowest BCUT2D eigenvalue weighted by Gasteiger charge is -2.27. The van der Waals surface area contributed by atoms with E-state index in [1.165, 1.54) is 4.90 Å². The number of rotatable bonds is 5. The lowest BCUT2D eigenvalue weighted by atomic mass is 10.2. The fraction of sp³-hybridized carbons (Fsp3) is 0.476. The van der Waals surface area contributed by atoms with Gasteiger partial charge in [-0.05, 0) is 63.9 Å². The van der Waals surface area contributed by atoms with Gasteiger partial charge < -0.3 is 14.8 Å². The van der Waals surface area contributed by atoms with E-state index in [2.05, 4.69) is 10.4 Å². The molecule has 29 heavy (non-hydrogen) atoms. The number of hydrogen-bond donors (Lipinski definition) is 1. The lowest BCUT2D eigenvalue weighted by Crippen LogP contribution is -2.47. The standard InChI is InChI=1S/C21H28N4O4/c1-21(2,3)29-20(27)24-12-5-6-18(24)19(26)22-14-15-11-13-25(23-15)16-7-9-17(28-4)10-8-16/h7-11,13,18H,5-6,12,14H2,1-4H3,(H,22,26). The molecule has 1 aliphatic heterocycles. The van der Waals surface area contributed by atoms with Crippen molar-refractivity contribution in [3.05, 3.63) is 42.2 Å². The van der Waals surface area contributed by atoms with Gasteiger partial charge in [0.25, 0.3) is 0 Å². The Labute approximate surface area is 170 Å². The number of benzene rings is 1. The molecule has 1 fully saturated rings. The minimum absolute atomic E-state index is 0.188. The molecular weight excluding hydrogens is 372 g/mol. The first-order valence-electron chi connectivity index (χ1n) is 9.73. The Bertz CT molecular complexity index is 854. The number of aromatic nitrogens is 2. The summed E-state index contributed by atoms with van der Waals surface area (Å²) in [6, 6.07) is 8.89. The second-order valence-corrected chi connectivity index (χ2v) is 8.00. The Balaban J connectivity index is 1.57. The van der Waals surface area contributed by atoms with Crippen LogP contribution in [0, 0.1) is 0 Å². The number of nitrogens with one attached hydrogen (secondary N) is 1. The molecule has 0 radical (unpaired) electrons. The summed E-state index contributed by atoms with van der Waals surface area (Å²) in [5, 5.41) is 7.38. The zero-order valence-corrected chi connectivity index (χ0v) is 17.3. The molecule has 2 heterocycles. The Morgan fingerprint density at radius 1 is 1.21 bits per heavy atom. The molecule has 1 N–H and O–H groups in total. The fourth-order valence-electron chi connectivity index (χ4n) is 3.21. The predicted octanol–water partition coefficient (Wildman–Crippen LogP) is 2.90. The smallest absolute Gasteiger partial charge is 0.410 e. The van der Waals surface area contributed by atoms with E-state index in [1.807, 2.05) is 57.3 Å². The van der Waals surface area contributed by atoms with Gasteiger partial charge in [0.15, 0.2) is 0 Å². The lowest BCUT2D eigenvalue weighted by molar-refractivity contribution is -0.125. The number of carbonyl (C=O) groups is 2. The first-order chi connectivity index (χ1) is 13.8. The van der Waals surface area contributed by atoms with Crippen LogP contribution in [0.1, 0.15) is 39.3 Å². The molecule has 3 rings (SSSR count). The zero-order chi connectivity index (χ0) is 21.0. The maximum atomic E-state index is 12.6. The molecular formula is C21H28N4O4. The highest BCUT2D eigenvalue weighted by Gasteiger charge is 2.36. The summed E-state index contributed by atoms with van der Waals surface area (Å²) >= 11 is 0. The third-order valence-corrected chi connectivity index (χ3v) is 4.61. The third-order valence-electron chi connectivity index (χ3n) is 4.61. The predicted molar refractivity (Wildman–Crippen MR) is 108 cm³/mol. The summed E-state index contributed by atoms with van der Waals surface area (Å²) in [4.78, 5) is 26.5. The van der Waals surface area contributed by atoms with Crippen LogP contribution in [0.15, 0.2) is 36.5 Å². The molecule has 156 valence electrons. The Morgan fingerprint density at radius 3 is 2.59 bits per heavy atom. The van der Waals surface area contributed by atoms with E-state index in [0.717, 1.165) is 23.6 Å². The largest absolute Gasteiger partial charge is 0.497 e. The van der Waals surface area contributed by atoms with Crippen molar-refractivity contribution in [2.24, 2.45) is 0 Å². The molecule has 2 amide bonds. The van der Waals surface area contributed by atoms with Crippen LogP contribution in [0.25, 0.3) is 5.69 Å². The molecule has 1 unspecified atom stereocenters. The first kappa shape index (κ1) is 20.7. The second-order valence-electron chi connectivity index (χ2n) is 8.00. The van der Waals surface area contributed by atoms with Gasteiger partial charge in [-0.1, -0.05) is 0 Å². The highest BCUT2D eigenvalue weighted by molar-refractivity contribution is 5.86. The highest BCUT2D eigenvalue weighted by atomic mass is 16.6. The molecule has 1 saturated heterocycles. The summed E-state index contributed by atoms with van der Waals surface area (Å²) in [5.74, 6) is 0.590. The van der Waals surface area contributed by atoms with Crippen molar-refractivity contribution in [1.82, 2.24) is 20.0 Å². The van der Waals surface area contributed by atoms with Gasteiger partial charge in [0.2, 0.25) is 5.91 Å². The van der Waals surface area contributed by atoms with E-state index in [1.54, 1.807) is 11.8 Å². The monoisotopic (exact) mass is 400 g/mol. The molecule has 2 aromatic rings. The van der Waals surface area contributed by atoms with Crippen molar-refractivity contribution >= 4 is 12.0 Å². The van der Waals surface area contributed by atoms with E-state index in [9.17, 15) is 9.59 Å². The van der Waals surface area contributed by atoms with Crippen LogP contribution in [0.2, 0.25) is 0 Å². The summed E-state index contributed by atoms with van der Waals surface area (Å²) in [7, 11) is 1.62. The molecule has 0 bridgehead atoms. The summed E-state index contributed by atoms with van der Waals surface area (Å²) < 4.78 is 12.3. The zero-order valence-electron chi connectivity index (χ0n) is 17.3. The average Bonchev–Trinajstić information content (AvgIpc) is 3.34. The Morgan fingerprint density at radius 2 is 1.93 bits per heavy atom. The van der Waals surface area contributed by atoms with Gasteiger partial charge in [-0.2, -0.15) is 5.10 Å². The molecule has 1 aliphatic rings. The minimum atomic E-state index is -0.588. The van der Waals surface area contributed by atoms with Crippen LogP contribution in [-0.4, -0.2) is 52.0 Å². The highest BCUT2D eigenvalue weighted by Crippen LogP contribution is 2.21. The third kappa shape index (κ3) is 5.28. The van der Waals surface area contributed by atoms with E-state index in [-0.39, 0.29) is 5.91 Å². The maximum Gasteiger partial charge on any atom is 0.410 e. The molecule has 1 aromatic heterocycles. The van der Waals surface area contributed by atoms with Gasteiger partial charge in [-0.25, -0.2) is 9.48 Å². The topological polar surface area (TPSA) is 85.7 Å². The molecule has 8 heteroatoms. The van der Waals surface area contributed by atoms with Crippen LogP contribution in [0.4, 0.5) is 4.79 Å². The number of ether oxygens (including phenoxy) is 2. The molecule has 1 aromatic carbocycles. The normalized spacial score (nSPS) is 16.6. The first-order valence-corrected chi connectivity index (χ1v) is 9.73. The average molecular weight is 400 g/mol. The van der Waals surface area contributed by atoms with Crippen molar-refractivity contribution in [3.8, 4) is 11.4 Å². The van der Waals surface area contributed by atoms with Gasteiger partial charge in [0.05, 0.1) is 25.0 Å². The molecule has 0 saturated carbocycles. The van der Waals surface area contributed by atoms with Gasteiger partial charge in [0.1, 0.15) is 17.4 Å². The molecule has 0 spiro atoms. The number of amides is 2. The van der Waals surface area contributed by atoms with Gasteiger partial charge in [-0.15, -0.1) is 0 Å². The van der Waals surface area contributed by atoms with Crippen LogP contribution in [0.5, 0.6) is 5.75 Å². The Kier molecular flexibility index (Phi) is 6.10. The van der Waals surface area contributed by atoms with Crippen LogP contribution >= 0.6 is 0 Å². The van der Waals surface area contributed by atoms with Crippen molar-refractivity contribution in [2.75, 3.05) is 13.7 Å². The summed E-state index contributed by atoms with van der Waals surface area (Å²) in [6.07, 6.45) is 2.81. The molecule has 0 aliphatic carbocycles. The number of nitrogens with zero attached hydrogens (tertiary/aromatic N) is 3. The van der Waals surface area contributed by atoms with E-state index >= 15 is 0 Å². The number of hydrogen-bond acceptors (Lipinski definition) is 5. The summed E-state index contributed by atoms with van der Waals surface area (Å²) in [5.41, 5.74) is 1.04. The van der Waals surface area contributed by atoms with Gasteiger partial charge in [0, 0.05) is 12.7 Å².